The lowest BCUT2D eigenvalue weighted by molar-refractivity contribution is 0.723. The van der Waals surface area contributed by atoms with E-state index in [1.807, 2.05) is 23.1 Å². The molecule has 0 bridgehead atoms. The summed E-state index contributed by atoms with van der Waals surface area (Å²) >= 11 is 3.85. The molecule has 0 aromatic carbocycles. The Bertz CT molecular complexity index is 292. The van der Waals surface area contributed by atoms with Crippen LogP contribution in [-0.4, -0.2) is 23.0 Å². The fourth-order valence-corrected chi connectivity index (χ4v) is 3.98. The maximum Gasteiger partial charge on any atom is 0.0967 e. The van der Waals surface area contributed by atoms with Crippen LogP contribution in [0.2, 0.25) is 0 Å². The maximum atomic E-state index is 5.63. The molecule has 1 saturated heterocycles. The Morgan fingerprint density at radius 1 is 1.71 bits per heavy atom. The highest BCUT2D eigenvalue weighted by molar-refractivity contribution is 7.99. The highest BCUT2D eigenvalue weighted by Crippen LogP contribution is 2.34. The second kappa shape index (κ2) is 4.64. The Morgan fingerprint density at radius 3 is 3.21 bits per heavy atom. The van der Waals surface area contributed by atoms with Crippen molar-refractivity contribution >= 4 is 23.1 Å². The average molecular weight is 228 g/mol. The van der Waals surface area contributed by atoms with Gasteiger partial charge in [-0.2, -0.15) is 11.8 Å². The van der Waals surface area contributed by atoms with E-state index in [1.54, 1.807) is 0 Å². The largest absolute Gasteiger partial charge is 0.330 e. The zero-order valence-electron chi connectivity index (χ0n) is 8.40. The van der Waals surface area contributed by atoms with Crippen LogP contribution in [0, 0.1) is 0 Å². The zero-order chi connectivity index (χ0) is 9.97. The second-order valence-electron chi connectivity index (χ2n) is 3.81. The molecule has 1 aromatic rings. The first kappa shape index (κ1) is 10.5. The molecule has 2 N–H and O–H groups in total. The third-order valence-corrected chi connectivity index (χ3v) is 4.86. The number of hydrogen-bond acceptors (Lipinski definition) is 4. The number of rotatable bonds is 3. The fourth-order valence-electron chi connectivity index (χ4n) is 1.56. The summed E-state index contributed by atoms with van der Waals surface area (Å²) in [7, 11) is 0. The molecule has 78 valence electrons. The Morgan fingerprint density at radius 2 is 2.57 bits per heavy atom. The molecular weight excluding hydrogens is 212 g/mol. The molecule has 2 nitrogen and oxygen atoms in total. The van der Waals surface area contributed by atoms with Crippen molar-refractivity contribution in [2.24, 2.45) is 5.73 Å². The molecule has 2 heterocycles. The van der Waals surface area contributed by atoms with Gasteiger partial charge in [-0.05, 0) is 12.2 Å². The van der Waals surface area contributed by atoms with Crippen molar-refractivity contribution in [3.63, 3.8) is 0 Å². The molecule has 0 amide bonds. The summed E-state index contributed by atoms with van der Waals surface area (Å²) in [6.45, 7) is 2.84. The van der Waals surface area contributed by atoms with Crippen molar-refractivity contribution in [1.29, 1.82) is 0 Å². The first-order chi connectivity index (χ1) is 6.81. The van der Waals surface area contributed by atoms with E-state index in [0.29, 0.717) is 18.4 Å². The van der Waals surface area contributed by atoms with Crippen LogP contribution in [0.1, 0.15) is 35.9 Å². The van der Waals surface area contributed by atoms with E-state index in [1.165, 1.54) is 28.6 Å². The molecule has 0 spiro atoms. The van der Waals surface area contributed by atoms with Gasteiger partial charge in [0.05, 0.1) is 10.7 Å². The van der Waals surface area contributed by atoms with Crippen LogP contribution < -0.4 is 5.73 Å². The van der Waals surface area contributed by atoms with Gasteiger partial charge in [0.2, 0.25) is 0 Å². The predicted octanol–water partition coefficient (Wildman–Crippen LogP) is 2.43. The highest BCUT2D eigenvalue weighted by Gasteiger charge is 2.21. The van der Waals surface area contributed by atoms with Crippen molar-refractivity contribution in [3.05, 3.63) is 16.1 Å². The van der Waals surface area contributed by atoms with Gasteiger partial charge >= 0.3 is 0 Å². The number of nitrogens with two attached hydrogens (primary N) is 1. The van der Waals surface area contributed by atoms with Crippen molar-refractivity contribution in [1.82, 2.24) is 4.98 Å². The first-order valence-corrected chi connectivity index (χ1v) is 7.08. The van der Waals surface area contributed by atoms with E-state index in [-0.39, 0.29) is 0 Å². The lowest BCUT2D eigenvalue weighted by Gasteiger charge is -2.04. The van der Waals surface area contributed by atoms with E-state index in [0.717, 1.165) is 0 Å². The summed E-state index contributed by atoms with van der Waals surface area (Å²) < 4.78 is 0. The number of hydrogen-bond donors (Lipinski definition) is 1. The summed E-state index contributed by atoms with van der Waals surface area (Å²) in [5, 5.41) is 3.50. The number of thiazole rings is 1. The van der Waals surface area contributed by atoms with Crippen molar-refractivity contribution in [2.45, 2.75) is 25.2 Å². The molecule has 1 aliphatic heterocycles. The van der Waals surface area contributed by atoms with Gasteiger partial charge in [-0.25, -0.2) is 4.98 Å². The molecule has 0 saturated carbocycles. The van der Waals surface area contributed by atoms with Gasteiger partial charge in [0.1, 0.15) is 0 Å². The van der Waals surface area contributed by atoms with Gasteiger partial charge in [0.25, 0.3) is 0 Å². The monoisotopic (exact) mass is 228 g/mol. The Hall–Kier alpha value is -0.0600. The molecule has 0 aliphatic carbocycles. The first-order valence-electron chi connectivity index (χ1n) is 5.04. The standard InChI is InChI=1S/C10H16N2S2/c1-7(4-11)9-6-14-10(12-9)8-2-3-13-5-8/h6-8H,2-5,11H2,1H3. The normalized spacial score (nSPS) is 24.0. The van der Waals surface area contributed by atoms with Crippen molar-refractivity contribution < 1.29 is 0 Å². The van der Waals surface area contributed by atoms with E-state index in [2.05, 4.69) is 17.3 Å². The Kier molecular flexibility index (Phi) is 3.47. The van der Waals surface area contributed by atoms with Crippen LogP contribution in [0.3, 0.4) is 0 Å². The third-order valence-electron chi connectivity index (χ3n) is 2.68. The van der Waals surface area contributed by atoms with E-state index in [9.17, 15) is 0 Å². The van der Waals surface area contributed by atoms with Crippen LogP contribution >= 0.6 is 23.1 Å². The minimum atomic E-state index is 0.411. The zero-order valence-corrected chi connectivity index (χ0v) is 10.0. The van der Waals surface area contributed by atoms with E-state index in [4.69, 9.17) is 5.73 Å². The van der Waals surface area contributed by atoms with Gasteiger partial charge in [-0.3, -0.25) is 0 Å². The summed E-state index contributed by atoms with van der Waals surface area (Å²) in [5.74, 6) is 3.67. The number of nitrogens with zero attached hydrogens (tertiary/aromatic N) is 1. The Labute approximate surface area is 93.3 Å². The molecule has 2 unspecified atom stereocenters. The quantitative estimate of drug-likeness (QED) is 0.863. The lowest BCUT2D eigenvalue weighted by Crippen LogP contribution is -2.09. The van der Waals surface area contributed by atoms with E-state index < -0.39 is 0 Å². The molecule has 2 atom stereocenters. The molecule has 1 aliphatic rings. The van der Waals surface area contributed by atoms with Gasteiger partial charge in [-0.15, -0.1) is 11.3 Å². The van der Waals surface area contributed by atoms with Crippen LogP contribution in [0.15, 0.2) is 5.38 Å². The van der Waals surface area contributed by atoms with Gasteiger partial charge in [-0.1, -0.05) is 6.92 Å². The second-order valence-corrected chi connectivity index (χ2v) is 5.85. The summed E-state index contributed by atoms with van der Waals surface area (Å²) in [6, 6.07) is 0. The van der Waals surface area contributed by atoms with Crippen molar-refractivity contribution in [3.8, 4) is 0 Å². The average Bonchev–Trinajstić information content (AvgIpc) is 2.86. The molecule has 1 aromatic heterocycles. The molecule has 1 fully saturated rings. The van der Waals surface area contributed by atoms with Gasteiger partial charge < -0.3 is 5.73 Å². The molecule has 14 heavy (non-hydrogen) atoms. The van der Waals surface area contributed by atoms with Gasteiger partial charge in [0, 0.05) is 29.5 Å². The Balaban J connectivity index is 2.08. The molecule has 2 rings (SSSR count). The van der Waals surface area contributed by atoms with Crippen LogP contribution in [0.5, 0.6) is 0 Å². The van der Waals surface area contributed by atoms with Crippen LogP contribution in [-0.2, 0) is 0 Å². The summed E-state index contributed by atoms with van der Waals surface area (Å²) in [5.41, 5.74) is 6.81. The SMILES string of the molecule is CC(CN)c1csc(C2CCSC2)n1. The van der Waals surface area contributed by atoms with E-state index >= 15 is 0 Å². The van der Waals surface area contributed by atoms with Crippen LogP contribution in [0.25, 0.3) is 0 Å². The minimum Gasteiger partial charge on any atom is -0.330 e. The smallest absolute Gasteiger partial charge is 0.0967 e. The van der Waals surface area contributed by atoms with Gasteiger partial charge in [0.15, 0.2) is 0 Å². The summed E-state index contributed by atoms with van der Waals surface area (Å²) in [4.78, 5) is 4.69. The number of aromatic nitrogens is 1. The molecule has 4 heteroatoms. The summed E-state index contributed by atoms with van der Waals surface area (Å²) in [6.07, 6.45) is 1.30. The van der Waals surface area contributed by atoms with Crippen molar-refractivity contribution in [2.75, 3.05) is 18.1 Å². The number of thioether (sulfide) groups is 1. The third kappa shape index (κ3) is 2.12. The molecule has 0 radical (unpaired) electrons. The van der Waals surface area contributed by atoms with Crippen LogP contribution in [0.4, 0.5) is 0 Å². The lowest BCUT2D eigenvalue weighted by atomic mass is 10.1. The predicted molar refractivity (Wildman–Crippen MR) is 64.3 cm³/mol. The fraction of sp³-hybridized carbons (Fsp3) is 0.700. The highest BCUT2D eigenvalue weighted by atomic mass is 32.2. The minimum absolute atomic E-state index is 0.411. The maximum absolute atomic E-state index is 5.63. The topological polar surface area (TPSA) is 38.9 Å². The molecular formula is C10H16N2S2.